The zero-order valence-corrected chi connectivity index (χ0v) is 14.1. The van der Waals surface area contributed by atoms with E-state index < -0.39 is 10.0 Å². The third-order valence-electron chi connectivity index (χ3n) is 3.00. The number of benzene rings is 1. The molecule has 0 amide bonds. The Morgan fingerprint density at radius 2 is 1.95 bits per heavy atom. The second-order valence-corrected chi connectivity index (χ2v) is 7.90. The van der Waals surface area contributed by atoms with Crippen LogP contribution in [0.1, 0.15) is 13.8 Å². The average molecular weight is 315 g/mol. The van der Waals surface area contributed by atoms with Gasteiger partial charge in [-0.3, -0.25) is 0 Å². The number of hydrogen-bond donors (Lipinski definition) is 2. The molecule has 0 bridgehead atoms. The Bertz CT molecular complexity index is 583. The highest BCUT2D eigenvalue weighted by Crippen LogP contribution is 2.24. The van der Waals surface area contributed by atoms with Crippen molar-refractivity contribution in [1.82, 2.24) is 9.62 Å². The zero-order chi connectivity index (χ0) is 16.3. The first-order valence-electron chi connectivity index (χ1n) is 6.65. The normalized spacial score (nSPS) is 12.7. The Morgan fingerprint density at radius 1 is 1.33 bits per heavy atom. The first-order valence-corrected chi connectivity index (χ1v) is 8.14. The number of hydrogen-bond acceptors (Lipinski definition) is 5. The summed E-state index contributed by atoms with van der Waals surface area (Å²) < 4.78 is 32.3. The number of ether oxygens (including phenoxy) is 1. The predicted molar refractivity (Wildman–Crippen MR) is 84.9 cm³/mol. The van der Waals surface area contributed by atoms with E-state index in [1.54, 1.807) is 6.07 Å². The second kappa shape index (κ2) is 6.64. The zero-order valence-electron chi connectivity index (χ0n) is 13.3. The molecular weight excluding hydrogens is 290 g/mol. The van der Waals surface area contributed by atoms with E-state index in [9.17, 15) is 8.42 Å². The Hall–Kier alpha value is -1.31. The van der Waals surface area contributed by atoms with Crippen molar-refractivity contribution >= 4 is 15.7 Å². The minimum absolute atomic E-state index is 0.140. The number of rotatable bonds is 7. The minimum Gasteiger partial charge on any atom is -0.495 e. The van der Waals surface area contributed by atoms with Gasteiger partial charge in [0.05, 0.1) is 17.7 Å². The molecule has 0 unspecified atom stereocenters. The van der Waals surface area contributed by atoms with Crippen molar-refractivity contribution in [2.24, 2.45) is 5.41 Å². The molecule has 0 aliphatic carbocycles. The second-order valence-electron chi connectivity index (χ2n) is 6.13. The molecule has 0 aliphatic heterocycles. The Morgan fingerprint density at radius 3 is 2.43 bits per heavy atom. The largest absolute Gasteiger partial charge is 0.495 e. The van der Waals surface area contributed by atoms with Gasteiger partial charge in [-0.15, -0.1) is 0 Å². The van der Waals surface area contributed by atoms with E-state index in [1.807, 2.05) is 32.8 Å². The van der Waals surface area contributed by atoms with Crippen molar-refractivity contribution in [2.45, 2.75) is 18.7 Å². The topological polar surface area (TPSA) is 84.7 Å². The summed E-state index contributed by atoms with van der Waals surface area (Å²) in [5, 5.41) is 0. The standard InChI is InChI=1S/C14H25N3O3S/c1-14(2,10-17(3)4)9-16-21(18,19)11-6-7-13(20-5)12(15)8-11/h6-8,16H,9-10,15H2,1-5H3. The van der Waals surface area contributed by atoms with Gasteiger partial charge in [0.1, 0.15) is 5.75 Å². The maximum absolute atomic E-state index is 12.3. The highest BCUT2D eigenvalue weighted by atomic mass is 32.2. The lowest BCUT2D eigenvalue weighted by Crippen LogP contribution is -2.39. The van der Waals surface area contributed by atoms with Crippen LogP contribution in [0.15, 0.2) is 23.1 Å². The number of nitrogens with two attached hydrogens (primary N) is 1. The molecule has 0 radical (unpaired) electrons. The number of sulfonamides is 1. The van der Waals surface area contributed by atoms with Gasteiger partial charge in [0.15, 0.2) is 0 Å². The van der Waals surface area contributed by atoms with Crippen LogP contribution in [-0.4, -0.2) is 47.6 Å². The van der Waals surface area contributed by atoms with Crippen molar-refractivity contribution < 1.29 is 13.2 Å². The quantitative estimate of drug-likeness (QED) is 0.737. The maximum Gasteiger partial charge on any atom is 0.240 e. The maximum atomic E-state index is 12.3. The molecule has 1 aromatic rings. The summed E-state index contributed by atoms with van der Waals surface area (Å²) in [6.45, 7) is 5.15. The van der Waals surface area contributed by atoms with Crippen molar-refractivity contribution in [2.75, 3.05) is 40.0 Å². The van der Waals surface area contributed by atoms with Gasteiger partial charge in [0.25, 0.3) is 0 Å². The molecule has 0 saturated heterocycles. The van der Waals surface area contributed by atoms with Crippen LogP contribution >= 0.6 is 0 Å². The van der Waals surface area contributed by atoms with Gasteiger partial charge in [-0.25, -0.2) is 13.1 Å². The fraction of sp³-hybridized carbons (Fsp3) is 0.571. The summed E-state index contributed by atoms with van der Waals surface area (Å²) in [6, 6.07) is 4.44. The summed E-state index contributed by atoms with van der Waals surface area (Å²) in [6.07, 6.45) is 0. The van der Waals surface area contributed by atoms with Gasteiger partial charge in [-0.1, -0.05) is 13.8 Å². The van der Waals surface area contributed by atoms with E-state index in [2.05, 4.69) is 4.72 Å². The summed E-state index contributed by atoms with van der Waals surface area (Å²) in [7, 11) is 1.82. The first-order chi connectivity index (χ1) is 9.57. The van der Waals surface area contributed by atoms with Crippen LogP contribution in [0, 0.1) is 5.41 Å². The highest BCUT2D eigenvalue weighted by molar-refractivity contribution is 7.89. The molecule has 0 fully saturated rings. The van der Waals surface area contributed by atoms with Crippen LogP contribution in [0.25, 0.3) is 0 Å². The lowest BCUT2D eigenvalue weighted by Gasteiger charge is -2.28. The first kappa shape index (κ1) is 17.7. The van der Waals surface area contributed by atoms with Crippen LogP contribution in [0.4, 0.5) is 5.69 Å². The van der Waals surface area contributed by atoms with Gasteiger partial charge in [0, 0.05) is 13.1 Å². The lowest BCUT2D eigenvalue weighted by atomic mass is 9.93. The van der Waals surface area contributed by atoms with Gasteiger partial charge in [-0.05, 0) is 37.7 Å². The van der Waals surface area contributed by atoms with E-state index in [0.717, 1.165) is 6.54 Å². The van der Waals surface area contributed by atoms with Crippen LogP contribution < -0.4 is 15.2 Å². The lowest BCUT2D eigenvalue weighted by molar-refractivity contribution is 0.242. The molecule has 6 nitrogen and oxygen atoms in total. The Labute approximate surface area is 127 Å². The fourth-order valence-corrected chi connectivity index (χ4v) is 3.44. The predicted octanol–water partition coefficient (Wildman–Crippen LogP) is 1.14. The molecule has 3 N–H and O–H groups in total. The Kier molecular flexibility index (Phi) is 5.61. The minimum atomic E-state index is -3.58. The SMILES string of the molecule is COc1ccc(S(=O)(=O)NCC(C)(C)CN(C)C)cc1N. The Balaban J connectivity index is 2.85. The molecule has 21 heavy (non-hydrogen) atoms. The third-order valence-corrected chi connectivity index (χ3v) is 4.40. The van der Waals surface area contributed by atoms with Crippen LogP contribution in [-0.2, 0) is 10.0 Å². The van der Waals surface area contributed by atoms with Crippen molar-refractivity contribution in [3.05, 3.63) is 18.2 Å². The van der Waals surface area contributed by atoms with E-state index in [-0.39, 0.29) is 10.3 Å². The van der Waals surface area contributed by atoms with Crippen molar-refractivity contribution in [3.8, 4) is 5.75 Å². The molecule has 1 rings (SSSR count). The molecule has 0 aromatic heterocycles. The summed E-state index contributed by atoms with van der Waals surface area (Å²) >= 11 is 0. The molecule has 0 atom stereocenters. The van der Waals surface area contributed by atoms with Gasteiger partial charge >= 0.3 is 0 Å². The summed E-state index contributed by atoms with van der Waals surface area (Å²) in [4.78, 5) is 2.17. The molecular formula is C14H25N3O3S. The van der Waals surface area contributed by atoms with E-state index in [4.69, 9.17) is 10.5 Å². The van der Waals surface area contributed by atoms with Crippen molar-refractivity contribution in [3.63, 3.8) is 0 Å². The molecule has 0 aliphatic rings. The number of methoxy groups -OCH3 is 1. The van der Waals surface area contributed by atoms with Crippen LogP contribution in [0.5, 0.6) is 5.75 Å². The molecule has 7 heteroatoms. The number of nitrogen functional groups attached to an aromatic ring is 1. The smallest absolute Gasteiger partial charge is 0.240 e. The van der Waals surface area contributed by atoms with Gasteiger partial charge in [0.2, 0.25) is 10.0 Å². The fourth-order valence-electron chi connectivity index (χ4n) is 2.17. The van der Waals surface area contributed by atoms with Gasteiger partial charge in [-0.2, -0.15) is 0 Å². The third kappa shape index (κ3) is 5.18. The highest BCUT2D eigenvalue weighted by Gasteiger charge is 2.23. The van der Waals surface area contributed by atoms with E-state index in [0.29, 0.717) is 18.0 Å². The van der Waals surface area contributed by atoms with Crippen molar-refractivity contribution in [1.29, 1.82) is 0 Å². The molecule has 0 heterocycles. The van der Waals surface area contributed by atoms with E-state index in [1.165, 1.54) is 19.2 Å². The summed E-state index contributed by atoms with van der Waals surface area (Å²) in [5.41, 5.74) is 5.88. The summed E-state index contributed by atoms with van der Waals surface area (Å²) in [5.74, 6) is 0.460. The molecule has 1 aromatic carbocycles. The number of nitrogens with one attached hydrogen (secondary N) is 1. The molecule has 0 saturated carbocycles. The molecule has 0 spiro atoms. The molecule has 120 valence electrons. The van der Waals surface area contributed by atoms with Gasteiger partial charge < -0.3 is 15.4 Å². The van der Waals surface area contributed by atoms with E-state index >= 15 is 0 Å². The van der Waals surface area contributed by atoms with Crippen LogP contribution in [0.2, 0.25) is 0 Å². The number of anilines is 1. The number of nitrogens with zero attached hydrogens (tertiary/aromatic N) is 1. The van der Waals surface area contributed by atoms with Crippen LogP contribution in [0.3, 0.4) is 0 Å². The average Bonchev–Trinajstić information content (AvgIpc) is 2.35. The monoisotopic (exact) mass is 315 g/mol.